The molecule has 0 aliphatic carbocycles. The van der Waals surface area contributed by atoms with E-state index >= 15 is 0 Å². The largest absolute Gasteiger partial charge is 0.384 e. The third-order valence-electron chi connectivity index (χ3n) is 2.71. The molecule has 1 aromatic carbocycles. The first-order valence-corrected chi connectivity index (χ1v) is 7.47. The van der Waals surface area contributed by atoms with E-state index in [1.54, 1.807) is 13.0 Å². The molecule has 1 aromatic rings. The van der Waals surface area contributed by atoms with Crippen molar-refractivity contribution in [2.45, 2.75) is 27.2 Å². The molecule has 0 unspecified atom stereocenters. The van der Waals surface area contributed by atoms with Crippen molar-refractivity contribution >= 4 is 27.3 Å². The van der Waals surface area contributed by atoms with E-state index in [1.807, 2.05) is 0 Å². The molecule has 0 saturated carbocycles. The van der Waals surface area contributed by atoms with Gasteiger partial charge in [-0.2, -0.15) is 0 Å². The SMILES string of the molecule is Cc1cc(NCCCOCC(C)C)c(Br)cc1[N+](=O)[O-]. The van der Waals surface area contributed by atoms with Gasteiger partial charge in [-0.1, -0.05) is 13.8 Å². The van der Waals surface area contributed by atoms with E-state index in [-0.39, 0.29) is 10.6 Å². The lowest BCUT2D eigenvalue weighted by Crippen LogP contribution is -2.09. The number of nitro benzene ring substituents is 1. The summed E-state index contributed by atoms with van der Waals surface area (Å²) < 4.78 is 6.20. The van der Waals surface area contributed by atoms with Gasteiger partial charge >= 0.3 is 0 Å². The van der Waals surface area contributed by atoms with Crippen molar-refractivity contribution in [1.82, 2.24) is 0 Å². The second kappa shape index (κ2) is 8.21. The number of halogens is 1. The molecule has 6 heteroatoms. The Kier molecular flexibility index (Phi) is 6.95. The molecule has 0 fully saturated rings. The van der Waals surface area contributed by atoms with Crippen LogP contribution in [0.2, 0.25) is 0 Å². The summed E-state index contributed by atoms with van der Waals surface area (Å²) in [5.41, 5.74) is 1.65. The van der Waals surface area contributed by atoms with Crippen LogP contribution in [0.1, 0.15) is 25.8 Å². The van der Waals surface area contributed by atoms with Crippen LogP contribution < -0.4 is 5.32 Å². The Morgan fingerprint density at radius 3 is 2.75 bits per heavy atom. The summed E-state index contributed by atoms with van der Waals surface area (Å²) in [7, 11) is 0. The van der Waals surface area contributed by atoms with Crippen LogP contribution in [0.25, 0.3) is 0 Å². The molecular weight excluding hydrogens is 324 g/mol. The molecule has 0 aliphatic heterocycles. The van der Waals surface area contributed by atoms with Crippen molar-refractivity contribution in [2.75, 3.05) is 25.1 Å². The van der Waals surface area contributed by atoms with Crippen molar-refractivity contribution in [3.05, 3.63) is 32.3 Å². The highest BCUT2D eigenvalue weighted by atomic mass is 79.9. The molecule has 0 radical (unpaired) electrons. The normalized spacial score (nSPS) is 10.8. The predicted molar refractivity (Wildman–Crippen MR) is 84.3 cm³/mol. The smallest absolute Gasteiger partial charge is 0.273 e. The number of nitrogens with one attached hydrogen (secondary N) is 1. The number of nitro groups is 1. The minimum Gasteiger partial charge on any atom is -0.384 e. The average molecular weight is 345 g/mol. The zero-order valence-corrected chi connectivity index (χ0v) is 13.7. The van der Waals surface area contributed by atoms with E-state index < -0.39 is 0 Å². The first-order chi connectivity index (χ1) is 9.41. The molecule has 0 aromatic heterocycles. The second-order valence-electron chi connectivity index (χ2n) is 5.12. The minimum atomic E-state index is -0.371. The van der Waals surface area contributed by atoms with Gasteiger partial charge in [-0.3, -0.25) is 10.1 Å². The third-order valence-corrected chi connectivity index (χ3v) is 3.37. The molecule has 0 bridgehead atoms. The summed E-state index contributed by atoms with van der Waals surface area (Å²) in [6, 6.07) is 3.32. The predicted octanol–water partition coefficient (Wildman–Crippen LogP) is 4.14. The fourth-order valence-corrected chi connectivity index (χ4v) is 2.19. The Morgan fingerprint density at radius 2 is 2.15 bits per heavy atom. The van der Waals surface area contributed by atoms with Crippen molar-refractivity contribution in [2.24, 2.45) is 5.92 Å². The van der Waals surface area contributed by atoms with Crippen LogP contribution in [-0.4, -0.2) is 24.7 Å². The summed E-state index contributed by atoms with van der Waals surface area (Å²) >= 11 is 3.35. The highest BCUT2D eigenvalue weighted by Gasteiger charge is 2.13. The van der Waals surface area contributed by atoms with Gasteiger partial charge in [0.05, 0.1) is 4.92 Å². The summed E-state index contributed by atoms with van der Waals surface area (Å²) in [5.74, 6) is 0.550. The lowest BCUT2D eigenvalue weighted by molar-refractivity contribution is -0.385. The molecule has 0 saturated heterocycles. The van der Waals surface area contributed by atoms with Crippen molar-refractivity contribution in [1.29, 1.82) is 0 Å². The molecule has 1 rings (SSSR count). The fourth-order valence-electron chi connectivity index (χ4n) is 1.72. The molecule has 112 valence electrons. The van der Waals surface area contributed by atoms with Crippen molar-refractivity contribution in [3.8, 4) is 0 Å². The molecule has 0 aliphatic rings. The Balaban J connectivity index is 2.45. The number of hydrogen-bond donors (Lipinski definition) is 1. The third kappa shape index (κ3) is 5.46. The summed E-state index contributed by atoms with van der Waals surface area (Å²) in [6.07, 6.45) is 0.898. The summed E-state index contributed by atoms with van der Waals surface area (Å²) in [6.45, 7) is 8.24. The second-order valence-corrected chi connectivity index (χ2v) is 5.98. The fraction of sp³-hybridized carbons (Fsp3) is 0.571. The van der Waals surface area contributed by atoms with Crippen LogP contribution in [0, 0.1) is 23.0 Å². The standard InChI is InChI=1S/C14H21BrN2O3/c1-10(2)9-20-6-4-5-16-13-7-11(3)14(17(18)19)8-12(13)15/h7-8,10,16H,4-6,9H2,1-3H3. The van der Waals surface area contributed by atoms with Crippen molar-refractivity contribution in [3.63, 3.8) is 0 Å². The zero-order valence-electron chi connectivity index (χ0n) is 12.1. The van der Waals surface area contributed by atoms with E-state index in [1.165, 1.54) is 6.07 Å². The summed E-state index contributed by atoms with van der Waals surface area (Å²) in [5, 5.41) is 14.1. The number of rotatable bonds is 8. The first kappa shape index (κ1) is 16.9. The molecular formula is C14H21BrN2O3. The molecule has 5 nitrogen and oxygen atoms in total. The van der Waals surface area contributed by atoms with E-state index in [9.17, 15) is 10.1 Å². The number of nitrogens with zero attached hydrogens (tertiary/aromatic N) is 1. The number of aryl methyl sites for hydroxylation is 1. The lowest BCUT2D eigenvalue weighted by Gasteiger charge is -2.11. The average Bonchev–Trinajstić information content (AvgIpc) is 2.36. The molecule has 20 heavy (non-hydrogen) atoms. The Labute approximate surface area is 128 Å². The number of anilines is 1. The topological polar surface area (TPSA) is 64.4 Å². The highest BCUT2D eigenvalue weighted by molar-refractivity contribution is 9.10. The van der Waals surface area contributed by atoms with Crippen molar-refractivity contribution < 1.29 is 9.66 Å². The lowest BCUT2D eigenvalue weighted by atomic mass is 10.2. The van der Waals surface area contributed by atoms with Gasteiger partial charge in [0.25, 0.3) is 5.69 Å². The molecule has 0 heterocycles. The van der Waals surface area contributed by atoms with Gasteiger partial charge in [0.15, 0.2) is 0 Å². The Bertz CT molecular complexity index is 464. The van der Waals surface area contributed by atoms with E-state index in [0.29, 0.717) is 16.0 Å². The van der Waals surface area contributed by atoms with Gasteiger partial charge in [-0.15, -0.1) is 0 Å². The first-order valence-electron chi connectivity index (χ1n) is 6.68. The number of hydrogen-bond acceptors (Lipinski definition) is 4. The van der Waals surface area contributed by atoms with Gasteiger partial charge in [0.2, 0.25) is 0 Å². The van der Waals surface area contributed by atoms with E-state index in [4.69, 9.17) is 4.74 Å². The highest BCUT2D eigenvalue weighted by Crippen LogP contribution is 2.30. The van der Waals surface area contributed by atoms with Gasteiger partial charge in [-0.25, -0.2) is 0 Å². The van der Waals surface area contributed by atoms with Crippen LogP contribution in [0.5, 0.6) is 0 Å². The Morgan fingerprint density at radius 1 is 1.45 bits per heavy atom. The molecule has 0 spiro atoms. The van der Waals surface area contributed by atoms with Crippen LogP contribution in [0.3, 0.4) is 0 Å². The molecule has 1 N–H and O–H groups in total. The van der Waals surface area contributed by atoms with Gasteiger partial charge in [0.1, 0.15) is 0 Å². The Hall–Kier alpha value is -1.14. The molecule has 0 amide bonds. The minimum absolute atomic E-state index is 0.127. The van der Waals surface area contributed by atoms with Crippen LogP contribution in [0.15, 0.2) is 16.6 Å². The quantitative estimate of drug-likeness (QED) is 0.437. The maximum Gasteiger partial charge on any atom is 0.273 e. The van der Waals surface area contributed by atoms with Gasteiger partial charge < -0.3 is 10.1 Å². The van der Waals surface area contributed by atoms with E-state index in [2.05, 4.69) is 35.1 Å². The molecule has 0 atom stereocenters. The van der Waals surface area contributed by atoms with Gasteiger partial charge in [-0.05, 0) is 41.3 Å². The maximum atomic E-state index is 10.8. The summed E-state index contributed by atoms with van der Waals surface area (Å²) in [4.78, 5) is 10.4. The van der Waals surface area contributed by atoms with Crippen LogP contribution >= 0.6 is 15.9 Å². The van der Waals surface area contributed by atoms with Crippen LogP contribution in [0.4, 0.5) is 11.4 Å². The zero-order chi connectivity index (χ0) is 15.1. The maximum absolute atomic E-state index is 10.8. The number of ether oxygens (including phenoxy) is 1. The van der Waals surface area contributed by atoms with Gasteiger partial charge in [0, 0.05) is 41.5 Å². The van der Waals surface area contributed by atoms with Crippen LogP contribution in [-0.2, 0) is 4.74 Å². The monoisotopic (exact) mass is 344 g/mol. The number of benzene rings is 1. The van der Waals surface area contributed by atoms with E-state index in [0.717, 1.165) is 31.9 Å².